The smallest absolute Gasteiger partial charge is 0.124 e. The largest absolute Gasteiger partial charge is 0.287 e. The molecule has 2 aromatic carbocycles. The fourth-order valence-corrected chi connectivity index (χ4v) is 5.14. The third kappa shape index (κ3) is 2.40. The number of hydrogen-bond acceptors (Lipinski definition) is 4. The lowest BCUT2D eigenvalue weighted by Crippen LogP contribution is -1.98. The fourth-order valence-electron chi connectivity index (χ4n) is 2.98. The molecule has 2 aromatic rings. The van der Waals surface area contributed by atoms with E-state index in [1.807, 2.05) is 30.6 Å². The Kier molecular flexibility index (Phi) is 3.80. The normalized spacial score (nSPS) is 17.7. The molecule has 0 N–H and O–H groups in total. The Balaban J connectivity index is 1.70. The van der Waals surface area contributed by atoms with Crippen molar-refractivity contribution in [3.63, 3.8) is 0 Å². The Morgan fingerprint density at radius 3 is 2.41 bits per heavy atom. The average Bonchev–Trinajstić information content (AvgIpc) is 3.18. The maximum Gasteiger partial charge on any atom is 0.124 e. The van der Waals surface area contributed by atoms with Crippen molar-refractivity contribution in [1.82, 2.24) is 0 Å². The summed E-state index contributed by atoms with van der Waals surface area (Å²) in [5.41, 5.74) is 7.42. The Hall–Kier alpha value is -1.52. The lowest BCUT2D eigenvalue weighted by Gasteiger charge is -2.04. The number of fused-ring (bicyclic) bond motifs is 3. The molecule has 1 aliphatic carbocycles. The molecule has 0 amide bonds. The second-order valence-corrected chi connectivity index (χ2v) is 7.70. The van der Waals surface area contributed by atoms with Gasteiger partial charge in [0.05, 0.1) is 12.3 Å². The van der Waals surface area contributed by atoms with Crippen molar-refractivity contribution >= 4 is 33.6 Å². The molecule has 1 aliphatic heterocycles. The summed E-state index contributed by atoms with van der Waals surface area (Å²) in [6.45, 7) is 0.760. The van der Waals surface area contributed by atoms with Crippen LogP contribution in [0, 0.1) is 0 Å². The van der Waals surface area contributed by atoms with E-state index in [1.54, 1.807) is 0 Å². The summed E-state index contributed by atoms with van der Waals surface area (Å²) in [7, 11) is 1.87. The molecule has 0 radical (unpaired) electrons. The standard InChI is InChI=1S/C18H16N2S2/c1-19-17-15-5-3-2-4-13(15)14-7-6-12(10-16(14)17)11-20-18-21-8-9-22-18/h2-7,10H,8-9,11H2,1H3. The summed E-state index contributed by atoms with van der Waals surface area (Å²) >= 11 is 3.74. The first-order valence-corrected chi connectivity index (χ1v) is 9.34. The van der Waals surface area contributed by atoms with Gasteiger partial charge >= 0.3 is 0 Å². The maximum atomic E-state index is 4.72. The number of aliphatic imine (C=N–C) groups is 2. The zero-order valence-corrected chi connectivity index (χ0v) is 14.0. The van der Waals surface area contributed by atoms with Crippen LogP contribution < -0.4 is 0 Å². The van der Waals surface area contributed by atoms with Gasteiger partial charge in [-0.2, -0.15) is 0 Å². The van der Waals surface area contributed by atoms with Gasteiger partial charge in [0.25, 0.3) is 0 Å². The summed E-state index contributed by atoms with van der Waals surface area (Å²) in [6.07, 6.45) is 0. The molecule has 1 fully saturated rings. The highest BCUT2D eigenvalue weighted by molar-refractivity contribution is 8.41. The van der Waals surface area contributed by atoms with Crippen molar-refractivity contribution in [2.45, 2.75) is 6.54 Å². The second-order valence-electron chi connectivity index (χ2n) is 5.28. The highest BCUT2D eigenvalue weighted by atomic mass is 32.2. The van der Waals surface area contributed by atoms with E-state index in [1.165, 1.54) is 43.7 Å². The third-order valence-electron chi connectivity index (χ3n) is 3.96. The summed E-state index contributed by atoms with van der Waals surface area (Å²) in [5.74, 6) is 2.38. The van der Waals surface area contributed by atoms with Crippen LogP contribution in [-0.4, -0.2) is 28.6 Å². The number of benzene rings is 2. The lowest BCUT2D eigenvalue weighted by molar-refractivity contribution is 1.08. The molecule has 22 heavy (non-hydrogen) atoms. The Morgan fingerprint density at radius 2 is 1.64 bits per heavy atom. The SMILES string of the molecule is CN=C1c2ccccc2-c2ccc(CN=C3SCCS3)cc21. The van der Waals surface area contributed by atoms with Gasteiger partial charge in [-0.05, 0) is 22.8 Å². The first kappa shape index (κ1) is 14.1. The van der Waals surface area contributed by atoms with Gasteiger partial charge in [0.2, 0.25) is 0 Å². The van der Waals surface area contributed by atoms with Gasteiger partial charge in [0, 0.05) is 29.7 Å². The van der Waals surface area contributed by atoms with Gasteiger partial charge in [-0.1, -0.05) is 59.9 Å². The van der Waals surface area contributed by atoms with Crippen molar-refractivity contribution in [1.29, 1.82) is 0 Å². The Morgan fingerprint density at radius 1 is 0.909 bits per heavy atom. The van der Waals surface area contributed by atoms with E-state index in [0.717, 1.165) is 12.3 Å². The van der Waals surface area contributed by atoms with Crippen LogP contribution in [0.4, 0.5) is 0 Å². The lowest BCUT2D eigenvalue weighted by atomic mass is 10.0. The summed E-state index contributed by atoms with van der Waals surface area (Å²) in [6, 6.07) is 15.2. The van der Waals surface area contributed by atoms with Gasteiger partial charge in [0.15, 0.2) is 0 Å². The number of nitrogens with zero attached hydrogens (tertiary/aromatic N) is 2. The van der Waals surface area contributed by atoms with Gasteiger partial charge in [0.1, 0.15) is 4.38 Å². The van der Waals surface area contributed by atoms with Crippen molar-refractivity contribution in [3.8, 4) is 11.1 Å². The van der Waals surface area contributed by atoms with Gasteiger partial charge < -0.3 is 0 Å². The molecule has 2 aliphatic rings. The van der Waals surface area contributed by atoms with Crippen molar-refractivity contribution < 1.29 is 0 Å². The predicted molar refractivity (Wildman–Crippen MR) is 99.5 cm³/mol. The van der Waals surface area contributed by atoms with Crippen molar-refractivity contribution in [2.75, 3.05) is 18.6 Å². The molecule has 1 heterocycles. The minimum absolute atomic E-state index is 0.760. The molecule has 4 heteroatoms. The molecule has 1 saturated heterocycles. The van der Waals surface area contributed by atoms with Crippen LogP contribution in [-0.2, 0) is 6.54 Å². The molecule has 0 unspecified atom stereocenters. The van der Waals surface area contributed by atoms with Gasteiger partial charge in [-0.3, -0.25) is 9.98 Å². The van der Waals surface area contributed by atoms with E-state index in [0.29, 0.717) is 0 Å². The van der Waals surface area contributed by atoms with Crippen molar-refractivity contribution in [2.24, 2.45) is 9.98 Å². The summed E-state index contributed by atoms with van der Waals surface area (Å²) in [5, 5.41) is 0. The van der Waals surface area contributed by atoms with Gasteiger partial charge in [-0.15, -0.1) is 0 Å². The van der Waals surface area contributed by atoms with Crippen LogP contribution in [0.1, 0.15) is 16.7 Å². The van der Waals surface area contributed by atoms with Crippen LogP contribution in [0.2, 0.25) is 0 Å². The van der Waals surface area contributed by atoms with E-state index in [2.05, 4.69) is 47.5 Å². The van der Waals surface area contributed by atoms with E-state index >= 15 is 0 Å². The van der Waals surface area contributed by atoms with E-state index < -0.39 is 0 Å². The molecule has 0 spiro atoms. The summed E-state index contributed by atoms with van der Waals surface area (Å²) in [4.78, 5) is 9.24. The molecular weight excluding hydrogens is 308 g/mol. The van der Waals surface area contributed by atoms with Crippen LogP contribution in [0.3, 0.4) is 0 Å². The third-order valence-corrected chi connectivity index (χ3v) is 6.49. The maximum absolute atomic E-state index is 4.72. The van der Waals surface area contributed by atoms with E-state index in [4.69, 9.17) is 4.99 Å². The molecule has 0 atom stereocenters. The summed E-state index contributed by atoms with van der Waals surface area (Å²) < 4.78 is 1.23. The fraction of sp³-hybridized carbons (Fsp3) is 0.222. The number of rotatable bonds is 2. The Labute approximate surface area is 139 Å². The van der Waals surface area contributed by atoms with Crippen molar-refractivity contribution in [3.05, 3.63) is 59.2 Å². The average molecular weight is 324 g/mol. The second kappa shape index (κ2) is 5.94. The molecule has 0 bridgehead atoms. The molecule has 2 nitrogen and oxygen atoms in total. The van der Waals surface area contributed by atoms with Crippen LogP contribution in [0.15, 0.2) is 52.4 Å². The van der Waals surface area contributed by atoms with Crippen LogP contribution in [0.5, 0.6) is 0 Å². The van der Waals surface area contributed by atoms with Gasteiger partial charge in [-0.25, -0.2) is 0 Å². The first-order chi connectivity index (χ1) is 10.9. The quantitative estimate of drug-likeness (QED) is 0.695. The number of thioether (sulfide) groups is 2. The monoisotopic (exact) mass is 324 g/mol. The van der Waals surface area contributed by atoms with Crippen LogP contribution >= 0.6 is 23.5 Å². The predicted octanol–water partition coefficient (Wildman–Crippen LogP) is 4.47. The highest BCUT2D eigenvalue weighted by Crippen LogP contribution is 2.37. The molecular formula is C18H16N2S2. The zero-order chi connectivity index (χ0) is 14.9. The first-order valence-electron chi connectivity index (χ1n) is 7.37. The van der Waals surface area contributed by atoms with E-state index in [9.17, 15) is 0 Å². The van der Waals surface area contributed by atoms with Crippen LogP contribution in [0.25, 0.3) is 11.1 Å². The molecule has 0 saturated carbocycles. The van der Waals surface area contributed by atoms with E-state index in [-0.39, 0.29) is 0 Å². The minimum Gasteiger partial charge on any atom is -0.287 e. The molecule has 4 rings (SSSR count). The molecule has 0 aromatic heterocycles. The molecule has 110 valence electrons. The topological polar surface area (TPSA) is 24.7 Å². The minimum atomic E-state index is 0.760. The number of hydrogen-bond donors (Lipinski definition) is 0. The highest BCUT2D eigenvalue weighted by Gasteiger charge is 2.23. The Bertz CT molecular complexity index is 785. The zero-order valence-electron chi connectivity index (χ0n) is 12.4.